The SMILES string of the molecule is CCOC(=O)c1cccc(C(=O)C(C)(C)CCl)c1. The molecule has 0 spiro atoms. The third-order valence-electron chi connectivity index (χ3n) is 2.58. The van der Waals surface area contributed by atoms with Crippen molar-refractivity contribution in [1.82, 2.24) is 0 Å². The monoisotopic (exact) mass is 268 g/mol. The van der Waals surface area contributed by atoms with E-state index in [0.29, 0.717) is 17.7 Å². The van der Waals surface area contributed by atoms with Gasteiger partial charge in [-0.15, -0.1) is 11.6 Å². The Morgan fingerprint density at radius 2 is 1.89 bits per heavy atom. The fourth-order valence-electron chi connectivity index (χ4n) is 1.45. The molecule has 0 aliphatic carbocycles. The first-order valence-corrected chi connectivity index (χ1v) is 6.33. The molecule has 1 aromatic rings. The quantitative estimate of drug-likeness (QED) is 0.467. The van der Waals surface area contributed by atoms with E-state index in [-0.39, 0.29) is 11.7 Å². The number of Topliss-reactive ketones (excluding diaryl/α,β-unsaturated/α-hetero) is 1. The van der Waals surface area contributed by atoms with E-state index in [2.05, 4.69) is 0 Å². The summed E-state index contributed by atoms with van der Waals surface area (Å²) >= 11 is 5.78. The third kappa shape index (κ3) is 3.33. The molecule has 98 valence electrons. The first-order chi connectivity index (χ1) is 8.42. The zero-order valence-electron chi connectivity index (χ0n) is 10.8. The number of esters is 1. The van der Waals surface area contributed by atoms with Crippen molar-refractivity contribution in [3.8, 4) is 0 Å². The number of carbonyl (C=O) groups is 2. The number of benzene rings is 1. The zero-order valence-corrected chi connectivity index (χ0v) is 11.6. The van der Waals surface area contributed by atoms with E-state index in [9.17, 15) is 9.59 Å². The summed E-state index contributed by atoms with van der Waals surface area (Å²) < 4.78 is 4.90. The fourth-order valence-corrected chi connectivity index (χ4v) is 1.57. The average Bonchev–Trinajstić information content (AvgIpc) is 2.38. The summed E-state index contributed by atoms with van der Waals surface area (Å²) in [5.41, 5.74) is 0.216. The Labute approximate surface area is 112 Å². The van der Waals surface area contributed by atoms with Crippen LogP contribution in [0, 0.1) is 5.41 Å². The largest absolute Gasteiger partial charge is 0.462 e. The Balaban J connectivity index is 3.02. The molecule has 0 fully saturated rings. The topological polar surface area (TPSA) is 43.4 Å². The lowest BCUT2D eigenvalue weighted by Gasteiger charge is -2.19. The lowest BCUT2D eigenvalue weighted by atomic mass is 9.86. The molecule has 4 heteroatoms. The van der Waals surface area contributed by atoms with Gasteiger partial charge in [0.25, 0.3) is 0 Å². The minimum atomic E-state index is -0.644. The predicted molar refractivity (Wildman–Crippen MR) is 71.2 cm³/mol. The summed E-state index contributed by atoms with van der Waals surface area (Å²) in [6, 6.07) is 6.53. The van der Waals surface area contributed by atoms with E-state index in [1.165, 1.54) is 0 Å². The van der Waals surface area contributed by atoms with Crippen LogP contribution in [-0.4, -0.2) is 24.2 Å². The van der Waals surface area contributed by atoms with Crippen molar-refractivity contribution in [2.24, 2.45) is 5.41 Å². The summed E-state index contributed by atoms with van der Waals surface area (Å²) in [4.78, 5) is 23.8. The summed E-state index contributed by atoms with van der Waals surface area (Å²) in [6.45, 7) is 5.60. The van der Waals surface area contributed by atoms with Crippen molar-refractivity contribution in [1.29, 1.82) is 0 Å². The molecule has 0 aliphatic heterocycles. The molecular formula is C14H17ClO3. The van der Waals surface area contributed by atoms with E-state index < -0.39 is 11.4 Å². The Morgan fingerprint density at radius 3 is 2.44 bits per heavy atom. The van der Waals surface area contributed by atoms with Gasteiger partial charge < -0.3 is 4.74 Å². The normalized spacial score (nSPS) is 11.1. The number of alkyl halides is 1. The summed E-state index contributed by atoms with van der Waals surface area (Å²) in [5.74, 6) is -0.269. The number of ketones is 1. The van der Waals surface area contributed by atoms with Crippen molar-refractivity contribution in [3.63, 3.8) is 0 Å². The maximum Gasteiger partial charge on any atom is 0.338 e. The van der Waals surface area contributed by atoms with E-state index in [4.69, 9.17) is 16.3 Å². The van der Waals surface area contributed by atoms with Crippen LogP contribution in [0.3, 0.4) is 0 Å². The first kappa shape index (κ1) is 14.7. The Morgan fingerprint density at radius 1 is 1.28 bits per heavy atom. The van der Waals surface area contributed by atoms with E-state index in [1.54, 1.807) is 45.0 Å². The van der Waals surface area contributed by atoms with Crippen LogP contribution >= 0.6 is 11.6 Å². The van der Waals surface area contributed by atoms with Crippen LogP contribution in [0.2, 0.25) is 0 Å². The van der Waals surface area contributed by atoms with Crippen LogP contribution in [0.1, 0.15) is 41.5 Å². The molecule has 0 bridgehead atoms. The van der Waals surface area contributed by atoms with Gasteiger partial charge in [-0.2, -0.15) is 0 Å². The summed E-state index contributed by atoms with van der Waals surface area (Å²) in [7, 11) is 0. The summed E-state index contributed by atoms with van der Waals surface area (Å²) in [6.07, 6.45) is 0. The maximum absolute atomic E-state index is 12.2. The van der Waals surface area contributed by atoms with Gasteiger partial charge in [0.15, 0.2) is 5.78 Å². The smallest absolute Gasteiger partial charge is 0.338 e. The van der Waals surface area contributed by atoms with Crippen LogP contribution in [0.4, 0.5) is 0 Å². The Hall–Kier alpha value is -1.35. The molecule has 0 atom stereocenters. The van der Waals surface area contributed by atoms with Crippen molar-refractivity contribution in [3.05, 3.63) is 35.4 Å². The van der Waals surface area contributed by atoms with Gasteiger partial charge in [-0.3, -0.25) is 4.79 Å². The molecule has 1 aromatic carbocycles. The van der Waals surface area contributed by atoms with Crippen molar-refractivity contribution in [2.45, 2.75) is 20.8 Å². The van der Waals surface area contributed by atoms with E-state index >= 15 is 0 Å². The molecule has 18 heavy (non-hydrogen) atoms. The Kier molecular flexibility index (Phi) is 4.91. The number of rotatable bonds is 5. The molecule has 0 aromatic heterocycles. The van der Waals surface area contributed by atoms with Crippen molar-refractivity contribution >= 4 is 23.4 Å². The molecular weight excluding hydrogens is 252 g/mol. The second kappa shape index (κ2) is 6.01. The highest BCUT2D eigenvalue weighted by molar-refractivity contribution is 6.21. The van der Waals surface area contributed by atoms with Gasteiger partial charge in [0.2, 0.25) is 0 Å². The predicted octanol–water partition coefficient (Wildman–Crippen LogP) is 3.31. The average molecular weight is 269 g/mol. The molecule has 0 unspecified atom stereocenters. The van der Waals surface area contributed by atoms with Gasteiger partial charge in [0, 0.05) is 16.9 Å². The number of halogens is 1. The molecule has 1 rings (SSSR count). The van der Waals surface area contributed by atoms with Crippen LogP contribution in [0.25, 0.3) is 0 Å². The molecule has 3 nitrogen and oxygen atoms in total. The third-order valence-corrected chi connectivity index (χ3v) is 3.25. The lowest BCUT2D eigenvalue weighted by molar-refractivity contribution is 0.0526. The van der Waals surface area contributed by atoms with Gasteiger partial charge in [-0.1, -0.05) is 26.0 Å². The fraction of sp³-hybridized carbons (Fsp3) is 0.429. The number of hydrogen-bond acceptors (Lipinski definition) is 3. The molecule has 0 radical (unpaired) electrons. The van der Waals surface area contributed by atoms with Gasteiger partial charge in [-0.25, -0.2) is 4.79 Å². The standard InChI is InChI=1S/C14H17ClO3/c1-4-18-13(17)11-7-5-6-10(8-11)12(16)14(2,3)9-15/h5-8H,4,9H2,1-3H3. The van der Waals surface area contributed by atoms with Crippen LogP contribution in [0.5, 0.6) is 0 Å². The minimum Gasteiger partial charge on any atom is -0.462 e. The summed E-state index contributed by atoms with van der Waals surface area (Å²) in [5, 5.41) is 0. The number of ether oxygens (including phenoxy) is 1. The second-order valence-corrected chi connectivity index (χ2v) is 4.92. The highest BCUT2D eigenvalue weighted by Gasteiger charge is 2.28. The van der Waals surface area contributed by atoms with Gasteiger partial charge in [-0.05, 0) is 19.1 Å². The molecule has 0 amide bonds. The number of carbonyl (C=O) groups excluding carboxylic acids is 2. The van der Waals surface area contributed by atoms with E-state index in [0.717, 1.165) is 0 Å². The van der Waals surface area contributed by atoms with E-state index in [1.807, 2.05) is 0 Å². The second-order valence-electron chi connectivity index (χ2n) is 4.65. The van der Waals surface area contributed by atoms with Crippen LogP contribution in [-0.2, 0) is 4.74 Å². The van der Waals surface area contributed by atoms with Crippen LogP contribution in [0.15, 0.2) is 24.3 Å². The van der Waals surface area contributed by atoms with Gasteiger partial charge in [0.05, 0.1) is 12.2 Å². The van der Waals surface area contributed by atoms with Gasteiger partial charge in [0.1, 0.15) is 0 Å². The molecule has 0 saturated carbocycles. The first-order valence-electron chi connectivity index (χ1n) is 5.80. The highest BCUT2D eigenvalue weighted by atomic mass is 35.5. The molecule has 0 saturated heterocycles. The molecule has 0 heterocycles. The molecule has 0 aliphatic rings. The van der Waals surface area contributed by atoms with Crippen molar-refractivity contribution < 1.29 is 14.3 Å². The number of hydrogen-bond donors (Lipinski definition) is 0. The zero-order chi connectivity index (χ0) is 13.8. The van der Waals surface area contributed by atoms with Crippen molar-refractivity contribution in [2.75, 3.05) is 12.5 Å². The maximum atomic E-state index is 12.2. The Bertz CT molecular complexity index is 452. The molecule has 0 N–H and O–H groups in total. The van der Waals surface area contributed by atoms with Crippen LogP contribution < -0.4 is 0 Å². The highest BCUT2D eigenvalue weighted by Crippen LogP contribution is 2.24. The minimum absolute atomic E-state index is 0.0800. The lowest BCUT2D eigenvalue weighted by Crippen LogP contribution is -2.26. The van der Waals surface area contributed by atoms with Gasteiger partial charge >= 0.3 is 5.97 Å².